The summed E-state index contributed by atoms with van der Waals surface area (Å²) >= 11 is 0. The van der Waals surface area contributed by atoms with Crippen molar-refractivity contribution in [2.75, 3.05) is 0 Å². The molecule has 0 aliphatic carbocycles. The molecule has 0 saturated carbocycles. The van der Waals surface area contributed by atoms with Crippen LogP contribution < -0.4 is 5.49 Å². The monoisotopic (exact) mass is 162 g/mol. The maximum atomic E-state index is 4.21. The van der Waals surface area contributed by atoms with Crippen LogP contribution in [-0.2, 0) is 0 Å². The Morgan fingerprint density at radius 1 is 1.50 bits per heavy atom. The van der Waals surface area contributed by atoms with Gasteiger partial charge in [-0.15, -0.1) is 0 Å². The Kier molecular flexibility index (Phi) is 3.92. The number of nitrogens with one attached hydrogen (secondary N) is 1. The van der Waals surface area contributed by atoms with E-state index in [1.165, 1.54) is 6.42 Å². The fourth-order valence-corrected chi connectivity index (χ4v) is 0.838. The average Bonchev–Trinajstić information content (AvgIpc) is 2.14. The molecule has 1 aromatic heterocycles. The third-order valence-corrected chi connectivity index (χ3v) is 1.47. The maximum Gasteiger partial charge on any atom is 0.129 e. The summed E-state index contributed by atoms with van der Waals surface area (Å²) < 4.78 is 0. The van der Waals surface area contributed by atoms with Crippen LogP contribution >= 0.6 is 0 Å². The number of pyridine rings is 1. The van der Waals surface area contributed by atoms with Crippen LogP contribution in [0, 0.1) is 0 Å². The Morgan fingerprint density at radius 2 is 2.42 bits per heavy atom. The largest absolute Gasteiger partial charge is 0.347 e. The molecule has 0 aliphatic rings. The predicted octanol–water partition coefficient (Wildman–Crippen LogP) is 2.23. The van der Waals surface area contributed by atoms with E-state index in [1.54, 1.807) is 0 Å². The summed E-state index contributed by atoms with van der Waals surface area (Å²) in [4.78, 5) is 7.24. The van der Waals surface area contributed by atoms with Crippen LogP contribution in [0.4, 0.5) is 0 Å². The molecule has 0 unspecified atom stereocenters. The highest BCUT2D eigenvalue weighted by molar-refractivity contribution is 4.91. The zero-order chi connectivity index (χ0) is 8.65. The van der Waals surface area contributed by atoms with E-state index in [1.807, 2.05) is 30.6 Å². The number of allylic oxidation sites excluding steroid dienone is 1. The SMILES string of the molecule is CCC/C=C/N=c1/cccc[nH]1. The molecule has 2 nitrogen and oxygen atoms in total. The van der Waals surface area contributed by atoms with Crippen molar-refractivity contribution in [1.82, 2.24) is 4.98 Å². The summed E-state index contributed by atoms with van der Waals surface area (Å²) in [6.45, 7) is 2.15. The zero-order valence-electron chi connectivity index (χ0n) is 7.33. The normalized spacial score (nSPS) is 12.6. The van der Waals surface area contributed by atoms with E-state index in [0.717, 1.165) is 11.9 Å². The average molecular weight is 162 g/mol. The van der Waals surface area contributed by atoms with E-state index in [4.69, 9.17) is 0 Å². The van der Waals surface area contributed by atoms with Crippen molar-refractivity contribution >= 4 is 0 Å². The van der Waals surface area contributed by atoms with Crippen LogP contribution in [-0.4, -0.2) is 4.98 Å². The second-order valence-electron chi connectivity index (χ2n) is 2.55. The molecule has 0 spiro atoms. The molecule has 1 N–H and O–H groups in total. The summed E-state index contributed by atoms with van der Waals surface area (Å²) in [5.41, 5.74) is 0.893. The van der Waals surface area contributed by atoms with Crippen molar-refractivity contribution in [1.29, 1.82) is 0 Å². The Morgan fingerprint density at radius 3 is 3.08 bits per heavy atom. The Labute approximate surface area is 72.7 Å². The minimum Gasteiger partial charge on any atom is -0.347 e. The minimum atomic E-state index is 0.893. The van der Waals surface area contributed by atoms with Crippen LogP contribution in [0.5, 0.6) is 0 Å². The van der Waals surface area contributed by atoms with Gasteiger partial charge in [0.2, 0.25) is 0 Å². The topological polar surface area (TPSA) is 28.1 Å². The molecule has 12 heavy (non-hydrogen) atoms. The number of aromatic amines is 1. The van der Waals surface area contributed by atoms with E-state index in [9.17, 15) is 0 Å². The first-order valence-corrected chi connectivity index (χ1v) is 4.26. The lowest BCUT2D eigenvalue weighted by Gasteiger charge is -1.84. The van der Waals surface area contributed by atoms with Gasteiger partial charge in [-0.05, 0) is 18.6 Å². The summed E-state index contributed by atoms with van der Waals surface area (Å²) in [7, 11) is 0. The maximum absolute atomic E-state index is 4.21. The van der Waals surface area contributed by atoms with Crippen LogP contribution in [0.1, 0.15) is 19.8 Å². The fourth-order valence-electron chi connectivity index (χ4n) is 0.838. The highest BCUT2D eigenvalue weighted by Gasteiger charge is 1.73. The molecule has 2 heteroatoms. The van der Waals surface area contributed by atoms with Crippen LogP contribution in [0.25, 0.3) is 0 Å². The van der Waals surface area contributed by atoms with E-state index in [0.29, 0.717) is 0 Å². The highest BCUT2D eigenvalue weighted by atomic mass is 14.8. The van der Waals surface area contributed by atoms with Gasteiger partial charge in [-0.3, -0.25) is 0 Å². The number of aromatic nitrogens is 1. The lowest BCUT2D eigenvalue weighted by atomic mass is 10.3. The van der Waals surface area contributed by atoms with Crippen LogP contribution in [0.3, 0.4) is 0 Å². The first-order valence-electron chi connectivity index (χ1n) is 4.26. The zero-order valence-corrected chi connectivity index (χ0v) is 7.33. The molecule has 0 saturated heterocycles. The number of rotatable bonds is 3. The third-order valence-electron chi connectivity index (χ3n) is 1.47. The lowest BCUT2D eigenvalue weighted by molar-refractivity contribution is 0.953. The molecule has 1 aromatic rings. The number of unbranched alkanes of at least 4 members (excludes halogenated alkanes) is 1. The van der Waals surface area contributed by atoms with Crippen molar-refractivity contribution in [2.45, 2.75) is 19.8 Å². The van der Waals surface area contributed by atoms with Gasteiger partial charge in [0.15, 0.2) is 0 Å². The van der Waals surface area contributed by atoms with E-state index in [2.05, 4.69) is 23.0 Å². The van der Waals surface area contributed by atoms with Crippen LogP contribution in [0.15, 0.2) is 41.7 Å². The number of hydrogen-bond donors (Lipinski definition) is 1. The highest BCUT2D eigenvalue weighted by Crippen LogP contribution is 1.87. The van der Waals surface area contributed by atoms with Gasteiger partial charge in [-0.2, -0.15) is 0 Å². The minimum absolute atomic E-state index is 0.893. The van der Waals surface area contributed by atoms with Gasteiger partial charge in [0.1, 0.15) is 5.49 Å². The van der Waals surface area contributed by atoms with Crippen molar-refractivity contribution in [3.63, 3.8) is 0 Å². The Bertz CT molecular complexity index is 279. The number of hydrogen-bond acceptors (Lipinski definition) is 1. The Balaban J connectivity index is 2.59. The standard InChI is InChI=1S/C10H14N2/c1-2-3-5-8-11-10-7-4-6-9-12-10/h4-9H,2-3H2,1H3,(H,11,12)/b8-5+. The molecule has 0 aromatic carbocycles. The van der Waals surface area contributed by atoms with Crippen molar-refractivity contribution in [3.8, 4) is 0 Å². The summed E-state index contributed by atoms with van der Waals surface area (Å²) in [6.07, 6.45) is 8.05. The first-order chi connectivity index (χ1) is 5.93. The smallest absolute Gasteiger partial charge is 0.129 e. The van der Waals surface area contributed by atoms with E-state index < -0.39 is 0 Å². The summed E-state index contributed by atoms with van der Waals surface area (Å²) in [5, 5.41) is 0. The molecular formula is C10H14N2. The molecule has 1 rings (SSSR count). The second kappa shape index (κ2) is 5.35. The predicted molar refractivity (Wildman–Crippen MR) is 50.4 cm³/mol. The summed E-state index contributed by atoms with van der Waals surface area (Å²) in [5.74, 6) is 0. The quantitative estimate of drug-likeness (QED) is 0.706. The molecule has 0 radical (unpaired) electrons. The molecule has 0 atom stereocenters. The van der Waals surface area contributed by atoms with Crippen molar-refractivity contribution < 1.29 is 0 Å². The molecule has 0 fully saturated rings. The number of nitrogens with zero attached hydrogens (tertiary/aromatic N) is 1. The van der Waals surface area contributed by atoms with Crippen molar-refractivity contribution in [2.24, 2.45) is 4.99 Å². The van der Waals surface area contributed by atoms with Gasteiger partial charge in [-0.1, -0.05) is 25.5 Å². The molecule has 1 heterocycles. The molecule has 0 amide bonds. The van der Waals surface area contributed by atoms with Gasteiger partial charge < -0.3 is 4.98 Å². The van der Waals surface area contributed by atoms with Gasteiger partial charge in [-0.25, -0.2) is 4.99 Å². The van der Waals surface area contributed by atoms with Gasteiger partial charge in [0.25, 0.3) is 0 Å². The van der Waals surface area contributed by atoms with Gasteiger partial charge in [0.05, 0.1) is 0 Å². The number of H-pyrrole nitrogens is 1. The second-order valence-corrected chi connectivity index (χ2v) is 2.55. The summed E-state index contributed by atoms with van der Waals surface area (Å²) in [6, 6.07) is 5.84. The van der Waals surface area contributed by atoms with E-state index >= 15 is 0 Å². The molecule has 0 aliphatic heterocycles. The van der Waals surface area contributed by atoms with Gasteiger partial charge in [0, 0.05) is 12.4 Å². The van der Waals surface area contributed by atoms with E-state index in [-0.39, 0.29) is 0 Å². The van der Waals surface area contributed by atoms with Crippen molar-refractivity contribution in [3.05, 3.63) is 42.2 Å². The Hall–Kier alpha value is -1.31. The first kappa shape index (κ1) is 8.78. The van der Waals surface area contributed by atoms with Gasteiger partial charge >= 0.3 is 0 Å². The fraction of sp³-hybridized carbons (Fsp3) is 0.300. The molecular weight excluding hydrogens is 148 g/mol. The molecule has 0 bridgehead atoms. The third kappa shape index (κ3) is 3.19. The molecule has 64 valence electrons. The lowest BCUT2D eigenvalue weighted by Crippen LogP contribution is -2.02. The van der Waals surface area contributed by atoms with Crippen LogP contribution in [0.2, 0.25) is 0 Å².